The molecule has 0 aliphatic rings. The Morgan fingerprint density at radius 3 is 2.48 bits per heavy atom. The van der Waals surface area contributed by atoms with Gasteiger partial charge in [-0.25, -0.2) is 0 Å². The number of para-hydroxylation sites is 1. The lowest BCUT2D eigenvalue weighted by Gasteiger charge is -2.08. The summed E-state index contributed by atoms with van der Waals surface area (Å²) in [6, 6.07) is 12.5. The van der Waals surface area contributed by atoms with E-state index in [1.54, 1.807) is 19.1 Å². The summed E-state index contributed by atoms with van der Waals surface area (Å²) in [7, 11) is 0. The summed E-state index contributed by atoms with van der Waals surface area (Å²) in [5, 5.41) is 11.4. The van der Waals surface area contributed by atoms with E-state index in [-0.39, 0.29) is 23.8 Å². The normalized spacial score (nSPS) is 10.4. The smallest absolute Gasteiger partial charge is 0.305 e. The molecular weight excluding hydrogens is 354 g/mol. The molecule has 1 aromatic heterocycles. The monoisotopic (exact) mass is 369 g/mol. The van der Waals surface area contributed by atoms with Crippen LogP contribution in [0.5, 0.6) is 5.75 Å². The van der Waals surface area contributed by atoms with E-state index in [9.17, 15) is 19.7 Å². The molecule has 0 fully saturated rings. The Morgan fingerprint density at radius 1 is 1.11 bits per heavy atom. The number of hydrogen-bond acceptors (Lipinski definition) is 6. The Hall–Kier alpha value is -3.88. The van der Waals surface area contributed by atoms with Gasteiger partial charge in [0.25, 0.3) is 11.6 Å². The minimum Gasteiger partial charge on any atom is -0.484 e. The van der Waals surface area contributed by atoms with Crippen molar-refractivity contribution in [1.82, 2.24) is 10.9 Å². The molecule has 0 radical (unpaired) electrons. The molecule has 0 saturated heterocycles. The van der Waals surface area contributed by atoms with Crippen molar-refractivity contribution >= 4 is 28.5 Å². The van der Waals surface area contributed by atoms with Gasteiger partial charge in [0.1, 0.15) is 11.3 Å². The molecule has 3 aromatic rings. The summed E-state index contributed by atoms with van der Waals surface area (Å²) in [4.78, 5) is 34.0. The van der Waals surface area contributed by atoms with Crippen molar-refractivity contribution in [2.24, 2.45) is 0 Å². The third-order valence-corrected chi connectivity index (χ3v) is 3.78. The third kappa shape index (κ3) is 4.03. The molecule has 0 atom stereocenters. The van der Waals surface area contributed by atoms with Gasteiger partial charge < -0.3 is 9.15 Å². The second kappa shape index (κ2) is 7.56. The van der Waals surface area contributed by atoms with Crippen molar-refractivity contribution in [3.63, 3.8) is 0 Å². The van der Waals surface area contributed by atoms with Crippen molar-refractivity contribution in [3.05, 3.63) is 70.0 Å². The van der Waals surface area contributed by atoms with Crippen LogP contribution >= 0.6 is 0 Å². The van der Waals surface area contributed by atoms with E-state index >= 15 is 0 Å². The van der Waals surface area contributed by atoms with Gasteiger partial charge in [0.05, 0.1) is 4.92 Å². The first-order valence-electron chi connectivity index (χ1n) is 7.90. The Kier molecular flexibility index (Phi) is 5.02. The average molecular weight is 369 g/mol. The minimum atomic E-state index is -0.601. The second-order valence-corrected chi connectivity index (χ2v) is 5.59. The fraction of sp³-hybridized carbons (Fsp3) is 0.111. The van der Waals surface area contributed by atoms with Gasteiger partial charge in [-0.2, -0.15) is 0 Å². The predicted molar refractivity (Wildman–Crippen MR) is 95.2 cm³/mol. The number of amides is 2. The highest BCUT2D eigenvalue weighted by Gasteiger charge is 2.18. The third-order valence-electron chi connectivity index (χ3n) is 3.78. The number of furan rings is 1. The van der Waals surface area contributed by atoms with Crippen LogP contribution in [0.4, 0.5) is 5.69 Å². The number of hydrazine groups is 1. The molecule has 138 valence electrons. The van der Waals surface area contributed by atoms with Gasteiger partial charge in [0, 0.05) is 23.1 Å². The number of nitro groups is 1. The number of aryl methyl sites for hydroxylation is 1. The summed E-state index contributed by atoms with van der Waals surface area (Å²) in [6.07, 6.45) is 0. The Morgan fingerprint density at radius 2 is 1.81 bits per heavy atom. The Labute approximate surface area is 153 Å². The number of ether oxygens (including phenoxy) is 1. The lowest BCUT2D eigenvalue weighted by atomic mass is 10.1. The molecule has 0 bridgehead atoms. The Balaban J connectivity index is 1.53. The molecule has 0 saturated carbocycles. The lowest BCUT2D eigenvalue weighted by molar-refractivity contribution is -0.384. The van der Waals surface area contributed by atoms with E-state index in [0.29, 0.717) is 11.1 Å². The average Bonchev–Trinajstić information content (AvgIpc) is 3.02. The van der Waals surface area contributed by atoms with Crippen LogP contribution in [0.3, 0.4) is 0 Å². The number of hydrogen-bond donors (Lipinski definition) is 2. The van der Waals surface area contributed by atoms with E-state index in [1.165, 1.54) is 24.3 Å². The zero-order valence-corrected chi connectivity index (χ0v) is 14.2. The molecule has 2 N–H and O–H groups in total. The molecule has 9 heteroatoms. The molecule has 9 nitrogen and oxygen atoms in total. The number of fused-ring (bicyclic) bond motifs is 1. The fourth-order valence-electron chi connectivity index (χ4n) is 2.42. The van der Waals surface area contributed by atoms with E-state index in [2.05, 4.69) is 10.9 Å². The summed E-state index contributed by atoms with van der Waals surface area (Å²) in [6.45, 7) is 1.37. The number of nitro benzene ring substituents is 1. The minimum absolute atomic E-state index is 0.0831. The Bertz CT molecular complexity index is 1010. The molecule has 1 heterocycles. The molecule has 0 aliphatic heterocycles. The van der Waals surface area contributed by atoms with E-state index < -0.39 is 16.7 Å². The lowest BCUT2D eigenvalue weighted by Crippen LogP contribution is -2.43. The number of nitrogens with one attached hydrogen (secondary N) is 2. The van der Waals surface area contributed by atoms with Crippen LogP contribution < -0.4 is 15.6 Å². The van der Waals surface area contributed by atoms with Crippen LogP contribution in [0.15, 0.2) is 52.9 Å². The van der Waals surface area contributed by atoms with Crippen molar-refractivity contribution in [3.8, 4) is 5.75 Å². The number of carbonyl (C=O) groups excluding carboxylic acids is 2. The summed E-state index contributed by atoms with van der Waals surface area (Å²) in [5.41, 5.74) is 5.64. The van der Waals surface area contributed by atoms with Crippen LogP contribution in [0.2, 0.25) is 0 Å². The summed E-state index contributed by atoms with van der Waals surface area (Å²) < 4.78 is 10.7. The van der Waals surface area contributed by atoms with Gasteiger partial charge in [0.15, 0.2) is 12.4 Å². The number of non-ortho nitro benzene ring substituents is 1. The summed E-state index contributed by atoms with van der Waals surface area (Å²) in [5.74, 6) is -0.800. The molecule has 0 aliphatic carbocycles. The molecule has 3 rings (SSSR count). The van der Waals surface area contributed by atoms with Gasteiger partial charge in [0.2, 0.25) is 0 Å². The predicted octanol–water partition coefficient (Wildman–Crippen LogP) is 2.49. The van der Waals surface area contributed by atoms with Gasteiger partial charge in [-0.15, -0.1) is 0 Å². The number of carbonyl (C=O) groups is 2. The van der Waals surface area contributed by atoms with Gasteiger partial charge in [-0.1, -0.05) is 18.2 Å². The second-order valence-electron chi connectivity index (χ2n) is 5.59. The van der Waals surface area contributed by atoms with Crippen LogP contribution in [0, 0.1) is 17.0 Å². The maximum atomic E-state index is 12.2. The quantitative estimate of drug-likeness (QED) is 0.526. The van der Waals surface area contributed by atoms with E-state index in [0.717, 1.165) is 5.39 Å². The molecule has 2 aromatic carbocycles. The highest BCUT2D eigenvalue weighted by Crippen LogP contribution is 2.24. The molecular formula is C18H15N3O6. The SMILES string of the molecule is Cc1c(C(=O)NNC(=O)COc2ccc([N+](=O)[O-])cc2)oc2ccccc12. The molecule has 27 heavy (non-hydrogen) atoms. The number of rotatable bonds is 5. The van der Waals surface area contributed by atoms with Gasteiger partial charge in [-0.05, 0) is 25.1 Å². The largest absolute Gasteiger partial charge is 0.484 e. The van der Waals surface area contributed by atoms with Crippen molar-refractivity contribution < 1.29 is 23.7 Å². The number of nitrogens with zero attached hydrogens (tertiary/aromatic N) is 1. The topological polar surface area (TPSA) is 124 Å². The first-order chi connectivity index (χ1) is 13.0. The zero-order chi connectivity index (χ0) is 19.4. The highest BCUT2D eigenvalue weighted by molar-refractivity contribution is 5.99. The maximum Gasteiger partial charge on any atom is 0.305 e. The molecule has 0 spiro atoms. The first-order valence-corrected chi connectivity index (χ1v) is 7.90. The fourth-order valence-corrected chi connectivity index (χ4v) is 2.42. The number of benzene rings is 2. The zero-order valence-electron chi connectivity index (χ0n) is 14.2. The van der Waals surface area contributed by atoms with Gasteiger partial charge in [-0.3, -0.25) is 30.6 Å². The van der Waals surface area contributed by atoms with Crippen LogP contribution in [-0.4, -0.2) is 23.3 Å². The van der Waals surface area contributed by atoms with E-state index in [4.69, 9.17) is 9.15 Å². The summed E-state index contributed by atoms with van der Waals surface area (Å²) >= 11 is 0. The van der Waals surface area contributed by atoms with Crippen molar-refractivity contribution in [2.45, 2.75) is 6.92 Å². The standard InChI is InChI=1S/C18H15N3O6/c1-11-14-4-2-3-5-15(14)27-17(11)18(23)20-19-16(22)10-26-13-8-6-12(7-9-13)21(24)25/h2-9H,10H2,1H3,(H,19,22)(H,20,23). The maximum absolute atomic E-state index is 12.2. The van der Waals surface area contributed by atoms with Gasteiger partial charge >= 0.3 is 5.91 Å². The van der Waals surface area contributed by atoms with Crippen LogP contribution in [0.25, 0.3) is 11.0 Å². The van der Waals surface area contributed by atoms with Crippen LogP contribution in [0.1, 0.15) is 16.1 Å². The van der Waals surface area contributed by atoms with Crippen molar-refractivity contribution in [2.75, 3.05) is 6.61 Å². The molecule has 0 unspecified atom stereocenters. The highest BCUT2D eigenvalue weighted by atomic mass is 16.6. The van der Waals surface area contributed by atoms with Crippen molar-refractivity contribution in [1.29, 1.82) is 0 Å². The van der Waals surface area contributed by atoms with E-state index in [1.807, 2.05) is 12.1 Å². The molecule has 2 amide bonds. The first kappa shape index (κ1) is 17.9. The van der Waals surface area contributed by atoms with Crippen LogP contribution in [-0.2, 0) is 4.79 Å².